The fraction of sp³-hybridized carbons (Fsp3) is 0.333. The predicted molar refractivity (Wildman–Crippen MR) is 91.4 cm³/mol. The lowest BCUT2D eigenvalue weighted by atomic mass is 9.85. The molecule has 1 amide bonds. The molecule has 0 aliphatic heterocycles. The third-order valence-corrected chi connectivity index (χ3v) is 5.61. The number of hydrogen-bond acceptors (Lipinski definition) is 3. The molecular formula is C18H19NO3S. The highest BCUT2D eigenvalue weighted by Crippen LogP contribution is 2.31. The number of carbonyl (C=O) groups is 2. The van der Waals surface area contributed by atoms with Gasteiger partial charge in [0.2, 0.25) is 0 Å². The Labute approximate surface area is 139 Å². The summed E-state index contributed by atoms with van der Waals surface area (Å²) < 4.78 is 0. The summed E-state index contributed by atoms with van der Waals surface area (Å²) in [5.41, 5.74) is 1.74. The van der Waals surface area contributed by atoms with E-state index in [0.29, 0.717) is 11.3 Å². The number of aliphatic carboxylic acids is 1. The number of carbonyl (C=O) groups excluding carboxylic acids is 1. The number of benzene rings is 1. The largest absolute Gasteiger partial charge is 0.481 e. The van der Waals surface area contributed by atoms with Gasteiger partial charge >= 0.3 is 5.97 Å². The van der Waals surface area contributed by atoms with Gasteiger partial charge in [0, 0.05) is 10.6 Å². The maximum Gasteiger partial charge on any atom is 0.313 e. The summed E-state index contributed by atoms with van der Waals surface area (Å²) in [6.45, 7) is 3.33. The summed E-state index contributed by atoms with van der Waals surface area (Å²) >= 11 is 1.57. The van der Waals surface area contributed by atoms with Gasteiger partial charge in [-0.05, 0) is 62.4 Å². The Morgan fingerprint density at radius 1 is 1.17 bits per heavy atom. The minimum absolute atomic E-state index is 0.102. The maximum absolute atomic E-state index is 12.3. The molecule has 1 heterocycles. The van der Waals surface area contributed by atoms with Gasteiger partial charge < -0.3 is 10.4 Å². The number of carboxylic acid groups (broad SMARTS) is 1. The van der Waals surface area contributed by atoms with Crippen LogP contribution in [0.5, 0.6) is 0 Å². The highest BCUT2D eigenvalue weighted by Gasteiger charge is 2.29. The molecule has 3 rings (SSSR count). The van der Waals surface area contributed by atoms with Crippen molar-refractivity contribution >= 4 is 28.9 Å². The number of nitrogens with one attached hydrogen (secondary N) is 1. The molecule has 0 spiro atoms. The zero-order chi connectivity index (χ0) is 16.6. The third kappa shape index (κ3) is 3.01. The number of anilines is 1. The summed E-state index contributed by atoms with van der Waals surface area (Å²) in [6.07, 6.45) is 3.33. The number of thiophene rings is 1. The van der Waals surface area contributed by atoms with Crippen molar-refractivity contribution in [1.82, 2.24) is 0 Å². The number of fused-ring (bicyclic) bond motifs is 1. The molecule has 4 nitrogen and oxygen atoms in total. The highest BCUT2D eigenvalue weighted by molar-refractivity contribution is 7.14. The number of rotatable bonds is 4. The summed E-state index contributed by atoms with van der Waals surface area (Å²) in [5, 5.41) is 12.1. The molecular weight excluding hydrogens is 310 g/mol. The summed E-state index contributed by atoms with van der Waals surface area (Å²) in [6, 6.07) is 8.99. The molecule has 5 heteroatoms. The number of carboxylic acids is 1. The van der Waals surface area contributed by atoms with Gasteiger partial charge in [-0.2, -0.15) is 0 Å². The second-order valence-electron chi connectivity index (χ2n) is 6.37. The lowest BCUT2D eigenvalue weighted by molar-refractivity contribution is -0.142. The molecule has 0 saturated carbocycles. The van der Waals surface area contributed by atoms with Crippen LogP contribution in [0.3, 0.4) is 0 Å². The van der Waals surface area contributed by atoms with E-state index in [-0.39, 0.29) is 5.91 Å². The van der Waals surface area contributed by atoms with Crippen molar-refractivity contribution in [3.05, 3.63) is 51.2 Å². The molecule has 0 radical (unpaired) electrons. The molecule has 0 unspecified atom stereocenters. The molecule has 0 saturated heterocycles. The topological polar surface area (TPSA) is 66.4 Å². The normalized spacial score (nSPS) is 13.7. The quantitative estimate of drug-likeness (QED) is 0.895. The Kier molecular flexibility index (Phi) is 3.98. The van der Waals surface area contributed by atoms with Gasteiger partial charge in [0.1, 0.15) is 0 Å². The van der Waals surface area contributed by atoms with Crippen LogP contribution in [0.1, 0.15) is 45.9 Å². The number of aryl methyl sites for hydroxylation is 2. The fourth-order valence-corrected chi connectivity index (χ4v) is 3.88. The second-order valence-corrected chi connectivity index (χ2v) is 7.51. The molecule has 1 aliphatic rings. The molecule has 23 heavy (non-hydrogen) atoms. The molecule has 0 fully saturated rings. The number of hydrogen-bond donors (Lipinski definition) is 2. The fourth-order valence-electron chi connectivity index (χ4n) is 2.73. The Hall–Kier alpha value is -2.14. The molecule has 2 N–H and O–H groups in total. The monoisotopic (exact) mass is 329 g/mol. The van der Waals surface area contributed by atoms with Crippen LogP contribution in [-0.2, 0) is 23.1 Å². The van der Waals surface area contributed by atoms with Crippen molar-refractivity contribution in [2.45, 2.75) is 38.5 Å². The summed E-state index contributed by atoms with van der Waals surface area (Å²) in [7, 11) is 0. The molecule has 0 bridgehead atoms. The summed E-state index contributed by atoms with van der Waals surface area (Å²) in [5.74, 6) is -0.975. The van der Waals surface area contributed by atoms with Crippen LogP contribution in [0.4, 0.5) is 5.69 Å². The molecule has 2 aromatic rings. The lowest BCUT2D eigenvalue weighted by Crippen LogP contribution is -2.28. The minimum Gasteiger partial charge on any atom is -0.481 e. The van der Waals surface area contributed by atoms with E-state index in [4.69, 9.17) is 0 Å². The zero-order valence-corrected chi connectivity index (χ0v) is 14.0. The second kappa shape index (κ2) is 5.81. The van der Waals surface area contributed by atoms with Crippen LogP contribution < -0.4 is 5.32 Å². The highest BCUT2D eigenvalue weighted by atomic mass is 32.1. The first-order chi connectivity index (χ1) is 10.9. The zero-order valence-electron chi connectivity index (χ0n) is 13.2. The van der Waals surface area contributed by atoms with E-state index in [9.17, 15) is 14.7 Å². The van der Waals surface area contributed by atoms with Crippen LogP contribution in [0, 0.1) is 0 Å². The predicted octanol–water partition coefficient (Wildman–Crippen LogP) is 3.85. The van der Waals surface area contributed by atoms with Gasteiger partial charge in [0.15, 0.2) is 0 Å². The maximum atomic E-state index is 12.3. The molecule has 1 aromatic carbocycles. The van der Waals surface area contributed by atoms with Gasteiger partial charge in [-0.1, -0.05) is 12.1 Å². The average molecular weight is 329 g/mol. The minimum atomic E-state index is -0.947. The van der Waals surface area contributed by atoms with Crippen LogP contribution in [0.25, 0.3) is 0 Å². The van der Waals surface area contributed by atoms with E-state index in [1.54, 1.807) is 49.4 Å². The van der Waals surface area contributed by atoms with E-state index in [2.05, 4.69) is 5.32 Å². The van der Waals surface area contributed by atoms with Gasteiger partial charge in [-0.15, -0.1) is 11.3 Å². The van der Waals surface area contributed by atoms with Crippen molar-refractivity contribution in [2.75, 3.05) is 5.32 Å². The van der Waals surface area contributed by atoms with E-state index < -0.39 is 11.4 Å². The van der Waals surface area contributed by atoms with Gasteiger partial charge in [-0.3, -0.25) is 9.59 Å². The number of amides is 1. The van der Waals surface area contributed by atoms with Crippen molar-refractivity contribution in [3.8, 4) is 0 Å². The molecule has 120 valence electrons. The van der Waals surface area contributed by atoms with Crippen LogP contribution >= 0.6 is 11.3 Å². The van der Waals surface area contributed by atoms with Crippen LogP contribution in [0.2, 0.25) is 0 Å². The van der Waals surface area contributed by atoms with E-state index in [1.807, 2.05) is 6.07 Å². The Bertz CT molecular complexity index is 738. The molecule has 1 aromatic heterocycles. The standard InChI is InChI=1S/C18H19NO3S/c1-18(2,17(21)22)12-6-8-13(9-7-12)19-16(20)15-10-11-4-3-5-14(11)23-15/h6-10H,3-5H2,1-2H3,(H,19,20)(H,21,22). The third-order valence-electron chi connectivity index (χ3n) is 4.37. The van der Waals surface area contributed by atoms with Crippen molar-refractivity contribution in [3.63, 3.8) is 0 Å². The Balaban J connectivity index is 1.73. The Morgan fingerprint density at radius 2 is 1.87 bits per heavy atom. The van der Waals surface area contributed by atoms with Gasteiger partial charge in [0.25, 0.3) is 5.91 Å². The molecule has 1 aliphatic carbocycles. The van der Waals surface area contributed by atoms with E-state index in [0.717, 1.165) is 17.7 Å². The average Bonchev–Trinajstić information content (AvgIpc) is 3.08. The van der Waals surface area contributed by atoms with Crippen LogP contribution in [0.15, 0.2) is 30.3 Å². The first kappa shape index (κ1) is 15.7. The first-order valence-corrected chi connectivity index (χ1v) is 8.46. The van der Waals surface area contributed by atoms with Gasteiger partial charge in [0.05, 0.1) is 10.3 Å². The smallest absolute Gasteiger partial charge is 0.313 e. The van der Waals surface area contributed by atoms with E-state index >= 15 is 0 Å². The summed E-state index contributed by atoms with van der Waals surface area (Å²) in [4.78, 5) is 25.7. The molecule has 0 atom stereocenters. The lowest BCUT2D eigenvalue weighted by Gasteiger charge is -2.19. The van der Waals surface area contributed by atoms with Crippen LogP contribution in [-0.4, -0.2) is 17.0 Å². The van der Waals surface area contributed by atoms with Gasteiger partial charge in [-0.25, -0.2) is 0 Å². The van der Waals surface area contributed by atoms with Crippen molar-refractivity contribution in [2.24, 2.45) is 0 Å². The van der Waals surface area contributed by atoms with E-state index in [1.165, 1.54) is 16.9 Å². The van der Waals surface area contributed by atoms with Crippen molar-refractivity contribution < 1.29 is 14.7 Å². The SMILES string of the molecule is CC(C)(C(=O)O)c1ccc(NC(=O)c2cc3c(s2)CCC3)cc1. The first-order valence-electron chi connectivity index (χ1n) is 7.65. The Morgan fingerprint density at radius 3 is 2.48 bits per heavy atom. The van der Waals surface area contributed by atoms with Crippen molar-refractivity contribution in [1.29, 1.82) is 0 Å².